The van der Waals surface area contributed by atoms with Gasteiger partial charge in [0.15, 0.2) is 11.5 Å². The van der Waals surface area contributed by atoms with Gasteiger partial charge in [-0.3, -0.25) is 4.79 Å². The lowest BCUT2D eigenvalue weighted by molar-refractivity contribution is 0.106. The number of Topliss-reactive ketones (excluding diaryl/α,β-unsaturated/α-hetero) is 1. The summed E-state index contributed by atoms with van der Waals surface area (Å²) in [6.45, 7) is 3.66. The molecule has 0 spiro atoms. The van der Waals surface area contributed by atoms with Crippen molar-refractivity contribution in [3.05, 3.63) is 23.3 Å². The number of methoxy groups -OCH3 is 2. The van der Waals surface area contributed by atoms with Crippen LogP contribution in [0.25, 0.3) is 0 Å². The first-order valence-corrected chi connectivity index (χ1v) is 5.51. The van der Waals surface area contributed by atoms with Crippen LogP contribution in [0.1, 0.15) is 29.8 Å². The fraction of sp³-hybridized carbons (Fsp3) is 0.385. The number of fused-ring (bicyclic) bond motifs is 1. The summed E-state index contributed by atoms with van der Waals surface area (Å²) in [6, 6.07) is 3.38. The molecule has 18 heavy (non-hydrogen) atoms. The van der Waals surface area contributed by atoms with Gasteiger partial charge in [-0.05, 0) is 31.5 Å². The zero-order valence-corrected chi connectivity index (χ0v) is 10.8. The molecular formula is C13H15NO4. The zero-order chi connectivity index (χ0) is 13.5. The van der Waals surface area contributed by atoms with Gasteiger partial charge in [0.2, 0.25) is 5.78 Å². The first-order valence-electron chi connectivity index (χ1n) is 5.51. The van der Waals surface area contributed by atoms with E-state index in [1.807, 2.05) is 13.8 Å². The summed E-state index contributed by atoms with van der Waals surface area (Å²) in [6.07, 6.45) is 0. The Morgan fingerprint density at radius 3 is 2.22 bits per heavy atom. The van der Waals surface area contributed by atoms with E-state index < -0.39 is 5.41 Å². The molecule has 1 aromatic carbocycles. The third-order valence-electron chi connectivity index (χ3n) is 3.35. The average molecular weight is 249 g/mol. The van der Waals surface area contributed by atoms with Gasteiger partial charge < -0.3 is 14.7 Å². The van der Waals surface area contributed by atoms with E-state index >= 15 is 0 Å². The van der Waals surface area contributed by atoms with Gasteiger partial charge in [0.25, 0.3) is 0 Å². The Bertz CT molecular complexity index is 546. The summed E-state index contributed by atoms with van der Waals surface area (Å²) in [5, 5.41) is 12.1. The minimum Gasteiger partial charge on any atom is -0.493 e. The van der Waals surface area contributed by atoms with Crippen molar-refractivity contribution in [2.45, 2.75) is 19.3 Å². The van der Waals surface area contributed by atoms with Gasteiger partial charge in [0.05, 0.1) is 14.2 Å². The van der Waals surface area contributed by atoms with E-state index in [1.165, 1.54) is 14.2 Å². The number of benzene rings is 1. The third kappa shape index (κ3) is 1.47. The van der Waals surface area contributed by atoms with Crippen LogP contribution in [0.5, 0.6) is 11.5 Å². The quantitative estimate of drug-likeness (QED) is 0.643. The Morgan fingerprint density at radius 2 is 1.72 bits per heavy atom. The SMILES string of the molecule is COc1cc2c(cc1OC)C(C)(C)C(=NO)C2=O. The summed E-state index contributed by atoms with van der Waals surface area (Å²) < 4.78 is 10.4. The fourth-order valence-corrected chi connectivity index (χ4v) is 2.29. The molecule has 1 aromatic rings. The van der Waals surface area contributed by atoms with Crippen LogP contribution in [0.3, 0.4) is 0 Å². The van der Waals surface area contributed by atoms with Crippen molar-refractivity contribution >= 4 is 11.5 Å². The lowest BCUT2D eigenvalue weighted by Crippen LogP contribution is -2.27. The standard InChI is InChI=1S/C13H15NO4/c1-13(2)8-6-10(18-4)9(17-3)5-7(8)11(15)12(13)14-16/h5-6,16H,1-4H3. The van der Waals surface area contributed by atoms with E-state index in [0.29, 0.717) is 17.1 Å². The van der Waals surface area contributed by atoms with Gasteiger partial charge in [0, 0.05) is 11.0 Å². The Hall–Kier alpha value is -2.04. The van der Waals surface area contributed by atoms with Gasteiger partial charge in [0.1, 0.15) is 5.71 Å². The summed E-state index contributed by atoms with van der Waals surface area (Å²) in [5.41, 5.74) is 0.761. The predicted molar refractivity (Wildman–Crippen MR) is 66.1 cm³/mol. The number of nitrogens with zero attached hydrogens (tertiary/aromatic N) is 1. The molecule has 0 saturated heterocycles. The van der Waals surface area contributed by atoms with Crippen LogP contribution in [0, 0.1) is 0 Å². The molecule has 0 amide bonds. The van der Waals surface area contributed by atoms with E-state index in [1.54, 1.807) is 12.1 Å². The number of carbonyl (C=O) groups excluding carboxylic acids is 1. The highest BCUT2D eigenvalue weighted by Crippen LogP contribution is 2.42. The lowest BCUT2D eigenvalue weighted by Gasteiger charge is -2.19. The molecular weight excluding hydrogens is 234 g/mol. The molecule has 0 heterocycles. The van der Waals surface area contributed by atoms with Crippen molar-refractivity contribution in [2.24, 2.45) is 5.16 Å². The highest BCUT2D eigenvalue weighted by molar-refractivity contribution is 6.52. The van der Waals surface area contributed by atoms with Crippen molar-refractivity contribution < 1.29 is 19.5 Å². The number of ketones is 1. The molecule has 1 N–H and O–H groups in total. The summed E-state index contributed by atoms with van der Waals surface area (Å²) in [5.74, 6) is 0.759. The molecule has 0 bridgehead atoms. The highest BCUT2D eigenvalue weighted by Gasteiger charge is 2.44. The number of hydrogen-bond acceptors (Lipinski definition) is 5. The number of ether oxygens (including phenoxy) is 2. The summed E-state index contributed by atoms with van der Waals surface area (Å²) in [4.78, 5) is 12.1. The van der Waals surface area contributed by atoms with Gasteiger partial charge >= 0.3 is 0 Å². The molecule has 0 aromatic heterocycles. The second kappa shape index (κ2) is 4.01. The Morgan fingerprint density at radius 1 is 1.17 bits per heavy atom. The van der Waals surface area contributed by atoms with E-state index in [0.717, 1.165) is 5.56 Å². The maximum absolute atomic E-state index is 12.1. The molecule has 5 nitrogen and oxygen atoms in total. The van der Waals surface area contributed by atoms with Crippen molar-refractivity contribution in [3.8, 4) is 11.5 Å². The number of rotatable bonds is 2. The van der Waals surface area contributed by atoms with Crippen molar-refractivity contribution in [3.63, 3.8) is 0 Å². The van der Waals surface area contributed by atoms with Crippen LogP contribution >= 0.6 is 0 Å². The largest absolute Gasteiger partial charge is 0.493 e. The molecule has 5 heteroatoms. The van der Waals surface area contributed by atoms with Gasteiger partial charge in [-0.1, -0.05) is 5.16 Å². The molecule has 0 saturated carbocycles. The van der Waals surface area contributed by atoms with Crippen molar-refractivity contribution in [2.75, 3.05) is 14.2 Å². The molecule has 1 aliphatic rings. The normalized spacial score (nSPS) is 18.9. The van der Waals surface area contributed by atoms with Gasteiger partial charge in [-0.25, -0.2) is 0 Å². The Labute approximate surface area is 105 Å². The lowest BCUT2D eigenvalue weighted by atomic mass is 9.85. The molecule has 1 aliphatic carbocycles. The number of oxime groups is 1. The molecule has 0 fully saturated rings. The molecule has 0 radical (unpaired) electrons. The second-order valence-corrected chi connectivity index (χ2v) is 4.66. The zero-order valence-electron chi connectivity index (χ0n) is 10.8. The highest BCUT2D eigenvalue weighted by atomic mass is 16.5. The Balaban J connectivity index is 2.73. The molecule has 0 atom stereocenters. The molecule has 2 rings (SSSR count). The van der Waals surface area contributed by atoms with Gasteiger partial charge in [-0.15, -0.1) is 0 Å². The molecule has 96 valence electrons. The minimum atomic E-state index is -0.638. The first kappa shape index (κ1) is 12.4. The van der Waals surface area contributed by atoms with Crippen molar-refractivity contribution in [1.82, 2.24) is 0 Å². The smallest absolute Gasteiger partial charge is 0.211 e. The maximum atomic E-state index is 12.1. The summed E-state index contributed by atoms with van der Waals surface area (Å²) in [7, 11) is 3.05. The predicted octanol–water partition coefficient (Wildman–Crippen LogP) is 2.01. The van der Waals surface area contributed by atoms with Crippen LogP contribution in [0.4, 0.5) is 0 Å². The Kier molecular flexibility index (Phi) is 2.77. The third-order valence-corrected chi connectivity index (χ3v) is 3.35. The number of carbonyl (C=O) groups is 1. The van der Waals surface area contributed by atoms with E-state index in [4.69, 9.17) is 14.7 Å². The monoisotopic (exact) mass is 249 g/mol. The minimum absolute atomic E-state index is 0.132. The second-order valence-electron chi connectivity index (χ2n) is 4.66. The van der Waals surface area contributed by atoms with Crippen LogP contribution < -0.4 is 9.47 Å². The van der Waals surface area contributed by atoms with Gasteiger partial charge in [-0.2, -0.15) is 0 Å². The number of hydrogen-bond donors (Lipinski definition) is 1. The fourth-order valence-electron chi connectivity index (χ4n) is 2.29. The van der Waals surface area contributed by atoms with E-state index in [-0.39, 0.29) is 11.5 Å². The van der Waals surface area contributed by atoms with Crippen molar-refractivity contribution in [1.29, 1.82) is 0 Å². The van der Waals surface area contributed by atoms with Crippen LogP contribution in [0.15, 0.2) is 17.3 Å². The van der Waals surface area contributed by atoms with Crippen LogP contribution in [-0.2, 0) is 5.41 Å². The maximum Gasteiger partial charge on any atom is 0.211 e. The van der Waals surface area contributed by atoms with Crippen LogP contribution in [-0.4, -0.2) is 30.9 Å². The summed E-state index contributed by atoms with van der Waals surface area (Å²) >= 11 is 0. The van der Waals surface area contributed by atoms with Crippen LogP contribution in [0.2, 0.25) is 0 Å². The molecule has 0 unspecified atom stereocenters. The molecule has 0 aliphatic heterocycles. The topological polar surface area (TPSA) is 68.1 Å². The average Bonchev–Trinajstić information content (AvgIpc) is 2.55. The van der Waals surface area contributed by atoms with E-state index in [2.05, 4.69) is 5.16 Å². The van der Waals surface area contributed by atoms with E-state index in [9.17, 15) is 4.79 Å². The first-order chi connectivity index (χ1) is 8.47.